The van der Waals surface area contributed by atoms with Gasteiger partial charge >= 0.3 is 21.1 Å². The van der Waals surface area contributed by atoms with Crippen molar-refractivity contribution in [1.82, 2.24) is 0 Å². The van der Waals surface area contributed by atoms with E-state index in [0.717, 1.165) is 0 Å². The van der Waals surface area contributed by atoms with Crippen LogP contribution in [0.15, 0.2) is 0 Å². The number of imide groups is 2. The van der Waals surface area contributed by atoms with Crippen LogP contribution in [0.1, 0.15) is 27.7 Å². The zero-order valence-corrected chi connectivity index (χ0v) is 15.2. The first-order valence-electron chi connectivity index (χ1n) is 3.71. The van der Waals surface area contributed by atoms with Gasteiger partial charge in [-0.3, -0.25) is 0 Å². The Morgan fingerprint density at radius 1 is 0.625 bits per heavy atom. The molecular weight excluding hydrogens is 556 g/mol. The summed E-state index contributed by atoms with van der Waals surface area (Å²) in [6.45, 7) is 4.95. The first kappa shape index (κ1) is 24.8. The maximum Gasteiger partial charge on any atom is 2.00 e. The van der Waals surface area contributed by atoms with Crippen LogP contribution >= 0.6 is 0 Å². The molecule has 0 radical (unpaired) electrons. The third kappa shape index (κ3) is 37.3. The van der Waals surface area contributed by atoms with Crippen LogP contribution in [0.5, 0.6) is 0 Å². The summed E-state index contributed by atoms with van der Waals surface area (Å²) in [5.74, 6) is -1.75. The normalized spacial score (nSPS) is 6.75. The summed E-state index contributed by atoms with van der Waals surface area (Å²) in [4.78, 5) is 39.5. The molecule has 4 amide bonds. The van der Waals surface area contributed by atoms with Crippen molar-refractivity contribution in [3.05, 3.63) is 10.6 Å². The molecule has 0 rings (SSSR count). The van der Waals surface area contributed by atoms with Gasteiger partial charge in [-0.1, -0.05) is 0 Å². The van der Waals surface area contributed by atoms with E-state index in [1.807, 2.05) is 0 Å². The summed E-state index contributed by atoms with van der Waals surface area (Å²) in [6, 6.07) is 0. The molecule has 8 heteroatoms. The molecule has 0 fully saturated rings. The van der Waals surface area contributed by atoms with Crippen LogP contribution in [-0.4, -0.2) is 23.6 Å². The smallest absolute Gasteiger partial charge is 0.596 e. The van der Waals surface area contributed by atoms with Crippen molar-refractivity contribution >= 4 is 23.6 Å². The number of rotatable bonds is 0. The first-order valence-corrected chi connectivity index (χ1v) is 3.71. The van der Waals surface area contributed by atoms with Gasteiger partial charge in [-0.25, -0.2) is 0 Å². The number of carbonyl (C=O) groups is 4. The minimum atomic E-state index is -0.437. The number of hydrogen-bond acceptors (Lipinski definition) is 4. The van der Waals surface area contributed by atoms with Gasteiger partial charge in [0.25, 0.3) is 0 Å². The van der Waals surface area contributed by atoms with E-state index in [1.165, 1.54) is 27.7 Å². The van der Waals surface area contributed by atoms with Crippen molar-refractivity contribution in [2.24, 2.45) is 0 Å². The Hall–Kier alpha value is -0.343. The van der Waals surface area contributed by atoms with Gasteiger partial charge in [-0.2, -0.15) is 0 Å². The van der Waals surface area contributed by atoms with Gasteiger partial charge < -0.3 is 29.8 Å². The molecule has 0 N–H and O–H groups in total. The SMILES string of the molecule is CC(=O)[N-]C(C)=O.CC(=O)[N-]C(C)=O.[W+2].[W]. The van der Waals surface area contributed by atoms with Crippen molar-refractivity contribution in [2.75, 3.05) is 0 Å². The van der Waals surface area contributed by atoms with Crippen LogP contribution in [-0.2, 0) is 61.3 Å². The number of nitrogens with zero attached hydrogens (tertiary/aromatic N) is 2. The van der Waals surface area contributed by atoms with Gasteiger partial charge in [0.1, 0.15) is 0 Å². The van der Waals surface area contributed by atoms with Crippen molar-refractivity contribution in [2.45, 2.75) is 27.7 Å². The summed E-state index contributed by atoms with van der Waals surface area (Å²) >= 11 is 0. The number of amides is 4. The van der Waals surface area contributed by atoms with Gasteiger partial charge in [-0.15, -0.1) is 0 Å². The number of hydrogen-bond donors (Lipinski definition) is 0. The third-order valence-corrected chi connectivity index (χ3v) is 0.630. The molecule has 90 valence electrons. The van der Waals surface area contributed by atoms with Gasteiger partial charge in [0.05, 0.1) is 23.6 Å². The fraction of sp³-hybridized carbons (Fsp3) is 0.500. The maximum atomic E-state index is 9.87. The minimum Gasteiger partial charge on any atom is -0.596 e. The second-order valence-electron chi connectivity index (χ2n) is 2.30. The van der Waals surface area contributed by atoms with E-state index in [9.17, 15) is 19.2 Å². The molecular formula is C8H12N2O4W2. The first-order chi connectivity index (χ1) is 6.25. The molecule has 0 heterocycles. The van der Waals surface area contributed by atoms with Gasteiger partial charge in [0.15, 0.2) is 0 Å². The molecule has 0 aromatic carbocycles. The topological polar surface area (TPSA) is 96.5 Å². The average molecular weight is 568 g/mol. The molecule has 0 saturated heterocycles. The average Bonchev–Trinajstić information content (AvgIpc) is 1.79. The van der Waals surface area contributed by atoms with Gasteiger partial charge in [-0.05, 0) is 27.7 Å². The fourth-order valence-corrected chi connectivity index (χ4v) is 0.443. The van der Waals surface area contributed by atoms with E-state index in [1.54, 1.807) is 0 Å². The second-order valence-corrected chi connectivity index (χ2v) is 2.30. The van der Waals surface area contributed by atoms with E-state index in [4.69, 9.17) is 0 Å². The molecule has 0 aromatic heterocycles. The second kappa shape index (κ2) is 14.7. The largest absolute Gasteiger partial charge is 2.00 e. The Morgan fingerprint density at radius 2 is 0.750 bits per heavy atom. The molecule has 16 heavy (non-hydrogen) atoms. The van der Waals surface area contributed by atoms with Crippen LogP contribution in [0.25, 0.3) is 10.6 Å². The minimum absolute atomic E-state index is 0. The molecule has 0 aliphatic rings. The van der Waals surface area contributed by atoms with Crippen LogP contribution < -0.4 is 0 Å². The zero-order valence-electron chi connectivity index (χ0n) is 9.34. The predicted octanol–water partition coefficient (Wildman–Crippen LogP) is 0.901. The molecule has 0 unspecified atom stereocenters. The standard InChI is InChI=1S/2C4H7NO2.2W/c2*1-3(6)5-4(2)7;;/h2*1-2H3,(H,5,6,7);;/q;;;+2/p-2. The van der Waals surface area contributed by atoms with E-state index in [2.05, 4.69) is 10.6 Å². The molecule has 0 spiro atoms. The van der Waals surface area contributed by atoms with E-state index < -0.39 is 23.6 Å². The summed E-state index contributed by atoms with van der Waals surface area (Å²) in [6.07, 6.45) is 0. The predicted molar refractivity (Wildman–Crippen MR) is 49.4 cm³/mol. The zero-order chi connectivity index (χ0) is 11.7. The van der Waals surface area contributed by atoms with Crippen LogP contribution in [0.2, 0.25) is 0 Å². The van der Waals surface area contributed by atoms with Crippen LogP contribution in [0, 0.1) is 0 Å². The summed E-state index contributed by atoms with van der Waals surface area (Å²) in [5.41, 5.74) is 0. The molecule has 0 aliphatic heterocycles. The summed E-state index contributed by atoms with van der Waals surface area (Å²) < 4.78 is 0. The monoisotopic (exact) mass is 568 g/mol. The van der Waals surface area contributed by atoms with Gasteiger partial charge in [0, 0.05) is 21.1 Å². The van der Waals surface area contributed by atoms with Crippen molar-refractivity contribution in [3.8, 4) is 0 Å². The Bertz CT molecular complexity index is 206. The maximum absolute atomic E-state index is 9.87. The Labute approximate surface area is 123 Å². The van der Waals surface area contributed by atoms with E-state index in [0.29, 0.717) is 0 Å². The van der Waals surface area contributed by atoms with Crippen molar-refractivity contribution in [1.29, 1.82) is 0 Å². The molecule has 0 aromatic rings. The third-order valence-electron chi connectivity index (χ3n) is 0.630. The van der Waals surface area contributed by atoms with Gasteiger partial charge in [0.2, 0.25) is 0 Å². The Balaban J connectivity index is -0.0000000800. The number of carbonyl (C=O) groups excluding carboxylic acids is 4. The summed E-state index contributed by atoms with van der Waals surface area (Å²) in [7, 11) is 0. The van der Waals surface area contributed by atoms with Crippen LogP contribution in [0.4, 0.5) is 0 Å². The van der Waals surface area contributed by atoms with Crippen molar-refractivity contribution < 1.29 is 61.3 Å². The molecule has 6 nitrogen and oxygen atoms in total. The quantitative estimate of drug-likeness (QED) is 0.435. The van der Waals surface area contributed by atoms with Crippen molar-refractivity contribution in [3.63, 3.8) is 0 Å². The summed E-state index contributed by atoms with van der Waals surface area (Å²) in [5, 5.41) is 6.00. The Kier molecular flexibility index (Phi) is 22.7. The molecule has 0 aliphatic carbocycles. The van der Waals surface area contributed by atoms with E-state index in [-0.39, 0.29) is 42.1 Å². The fourth-order valence-electron chi connectivity index (χ4n) is 0.443. The molecule has 0 atom stereocenters. The van der Waals surface area contributed by atoms with E-state index >= 15 is 0 Å². The van der Waals surface area contributed by atoms with Crippen LogP contribution in [0.3, 0.4) is 0 Å². The molecule has 0 bridgehead atoms. The molecule has 0 saturated carbocycles. The Morgan fingerprint density at radius 3 is 0.750 bits per heavy atom.